The average Bonchev–Trinajstić information content (AvgIpc) is 2.19. The molecule has 80 valence electrons. The molecule has 2 amide bonds. The van der Waals surface area contributed by atoms with E-state index in [1.54, 1.807) is 0 Å². The molecule has 1 rings (SSSR count). The quantitative estimate of drug-likeness (QED) is 0.700. The second-order valence-corrected chi connectivity index (χ2v) is 2.71. The van der Waals surface area contributed by atoms with Gasteiger partial charge < -0.3 is 15.7 Å². The number of hydrogen-bond donors (Lipinski definition) is 3. The van der Waals surface area contributed by atoms with Gasteiger partial charge in [0.2, 0.25) is 0 Å². The topological polar surface area (TPSA) is 78.4 Å². The lowest BCUT2D eigenvalue weighted by atomic mass is 10.3. The van der Waals surface area contributed by atoms with Crippen LogP contribution in [0.1, 0.15) is 0 Å². The van der Waals surface area contributed by atoms with E-state index in [2.05, 4.69) is 10.6 Å². The van der Waals surface area contributed by atoms with Crippen molar-refractivity contribution in [2.24, 2.45) is 0 Å². The Morgan fingerprint density at radius 2 is 1.87 bits per heavy atom. The molecule has 0 bridgehead atoms. The van der Waals surface area contributed by atoms with E-state index >= 15 is 0 Å². The van der Waals surface area contributed by atoms with Gasteiger partial charge in [0, 0.05) is 5.69 Å². The summed E-state index contributed by atoms with van der Waals surface area (Å²) in [5, 5.41) is 12.7. The van der Waals surface area contributed by atoms with Crippen molar-refractivity contribution in [1.29, 1.82) is 0 Å². The molecule has 0 atom stereocenters. The van der Waals surface area contributed by atoms with Crippen molar-refractivity contribution in [2.75, 3.05) is 11.9 Å². The minimum absolute atomic E-state index is 0.388. The second-order valence-electron chi connectivity index (χ2n) is 2.71. The third kappa shape index (κ3) is 4.08. The molecule has 0 heterocycles. The van der Waals surface area contributed by atoms with Crippen LogP contribution in [0.5, 0.6) is 0 Å². The molecule has 15 heavy (non-hydrogen) atoms. The molecule has 0 saturated heterocycles. The van der Waals surface area contributed by atoms with Crippen molar-refractivity contribution in [2.45, 2.75) is 0 Å². The molecule has 0 aromatic heterocycles. The van der Waals surface area contributed by atoms with E-state index in [0.717, 1.165) is 0 Å². The Morgan fingerprint density at radius 3 is 2.40 bits per heavy atom. The Bertz CT molecular complexity index is 364. The average molecular weight is 212 g/mol. The lowest BCUT2D eigenvalue weighted by Crippen LogP contribution is -2.33. The molecule has 1 aromatic carbocycles. The summed E-state index contributed by atoms with van der Waals surface area (Å²) in [6.07, 6.45) is 0. The predicted molar refractivity (Wildman–Crippen MR) is 51.1 cm³/mol. The fourth-order valence-electron chi connectivity index (χ4n) is 0.864. The number of urea groups is 1. The van der Waals surface area contributed by atoms with Gasteiger partial charge in [-0.15, -0.1) is 0 Å². The van der Waals surface area contributed by atoms with Crippen LogP contribution in [0.3, 0.4) is 0 Å². The van der Waals surface area contributed by atoms with Crippen molar-refractivity contribution in [3.05, 3.63) is 30.1 Å². The lowest BCUT2D eigenvalue weighted by Gasteiger charge is -2.05. The molecule has 0 aliphatic carbocycles. The van der Waals surface area contributed by atoms with Crippen LogP contribution in [0.4, 0.5) is 14.9 Å². The molecule has 3 N–H and O–H groups in total. The van der Waals surface area contributed by atoms with Gasteiger partial charge in [0.15, 0.2) is 0 Å². The zero-order chi connectivity index (χ0) is 11.3. The number of carboxylic acid groups (broad SMARTS) is 1. The smallest absolute Gasteiger partial charge is 0.323 e. The molecule has 0 spiro atoms. The molecular formula is C9H9FN2O3. The van der Waals surface area contributed by atoms with Crippen molar-refractivity contribution in [1.82, 2.24) is 5.32 Å². The summed E-state index contributed by atoms with van der Waals surface area (Å²) in [7, 11) is 0. The van der Waals surface area contributed by atoms with Crippen LogP contribution >= 0.6 is 0 Å². The van der Waals surface area contributed by atoms with E-state index in [0.29, 0.717) is 5.69 Å². The van der Waals surface area contributed by atoms with Gasteiger partial charge in [0.05, 0.1) is 0 Å². The number of halogens is 1. The first kappa shape index (κ1) is 11.0. The van der Waals surface area contributed by atoms with Crippen molar-refractivity contribution in [3.63, 3.8) is 0 Å². The molecule has 0 unspecified atom stereocenters. The summed E-state index contributed by atoms with van der Waals surface area (Å²) in [5.74, 6) is -1.55. The van der Waals surface area contributed by atoms with Crippen LogP contribution in [0.2, 0.25) is 0 Å². The van der Waals surface area contributed by atoms with Gasteiger partial charge in [-0.25, -0.2) is 9.18 Å². The van der Waals surface area contributed by atoms with Gasteiger partial charge in [-0.05, 0) is 24.3 Å². The minimum Gasteiger partial charge on any atom is -0.480 e. The first-order chi connectivity index (χ1) is 7.08. The summed E-state index contributed by atoms with van der Waals surface area (Å²) in [4.78, 5) is 21.1. The first-order valence-electron chi connectivity index (χ1n) is 4.10. The van der Waals surface area contributed by atoms with Crippen molar-refractivity contribution < 1.29 is 19.1 Å². The Morgan fingerprint density at radius 1 is 1.27 bits per heavy atom. The molecule has 0 radical (unpaired) electrons. The summed E-state index contributed by atoms with van der Waals surface area (Å²) in [6, 6.07) is 4.47. The molecule has 6 heteroatoms. The highest BCUT2D eigenvalue weighted by Crippen LogP contribution is 2.07. The van der Waals surface area contributed by atoms with E-state index in [1.165, 1.54) is 24.3 Å². The maximum absolute atomic E-state index is 12.5. The highest BCUT2D eigenvalue weighted by Gasteiger charge is 2.03. The highest BCUT2D eigenvalue weighted by molar-refractivity contribution is 5.91. The SMILES string of the molecule is O=C(O)CNC(=O)Nc1ccc(F)cc1. The number of carbonyl (C=O) groups excluding carboxylic acids is 1. The number of benzene rings is 1. The summed E-state index contributed by atoms with van der Waals surface area (Å²) in [5.41, 5.74) is 0.388. The first-order valence-corrected chi connectivity index (χ1v) is 4.10. The van der Waals surface area contributed by atoms with Crippen LogP contribution in [-0.2, 0) is 4.79 Å². The van der Waals surface area contributed by atoms with Gasteiger partial charge in [-0.1, -0.05) is 0 Å². The number of nitrogens with one attached hydrogen (secondary N) is 2. The van der Waals surface area contributed by atoms with Crippen LogP contribution in [-0.4, -0.2) is 23.7 Å². The summed E-state index contributed by atoms with van der Waals surface area (Å²) in [6.45, 7) is -0.465. The molecule has 5 nitrogen and oxygen atoms in total. The van der Waals surface area contributed by atoms with Gasteiger partial charge in [0.25, 0.3) is 0 Å². The van der Waals surface area contributed by atoms with E-state index in [4.69, 9.17) is 5.11 Å². The predicted octanol–water partition coefficient (Wildman–Crippen LogP) is 1.03. The highest BCUT2D eigenvalue weighted by atomic mass is 19.1. The molecule has 0 aliphatic heterocycles. The number of hydrogen-bond acceptors (Lipinski definition) is 2. The van der Waals surface area contributed by atoms with Gasteiger partial charge in [0.1, 0.15) is 12.4 Å². The van der Waals surface area contributed by atoms with Gasteiger partial charge in [-0.3, -0.25) is 4.79 Å². The Hall–Kier alpha value is -2.11. The fraction of sp³-hybridized carbons (Fsp3) is 0.111. The van der Waals surface area contributed by atoms with Crippen LogP contribution in [0, 0.1) is 5.82 Å². The van der Waals surface area contributed by atoms with Crippen molar-refractivity contribution in [3.8, 4) is 0 Å². The van der Waals surface area contributed by atoms with Crippen molar-refractivity contribution >= 4 is 17.7 Å². The maximum atomic E-state index is 12.5. The van der Waals surface area contributed by atoms with Crippen LogP contribution in [0.25, 0.3) is 0 Å². The zero-order valence-electron chi connectivity index (χ0n) is 7.66. The maximum Gasteiger partial charge on any atom is 0.323 e. The Kier molecular flexibility index (Phi) is 3.61. The van der Waals surface area contributed by atoms with Gasteiger partial charge >= 0.3 is 12.0 Å². The minimum atomic E-state index is -1.13. The van der Waals surface area contributed by atoms with E-state index in [1.807, 2.05) is 0 Å². The standard InChI is InChI=1S/C9H9FN2O3/c10-6-1-3-7(4-2-6)12-9(15)11-5-8(13)14/h1-4H,5H2,(H,13,14)(H2,11,12,15). The molecule has 0 aliphatic rings. The monoisotopic (exact) mass is 212 g/mol. The Labute approximate surface area is 84.9 Å². The second kappa shape index (κ2) is 4.94. The van der Waals surface area contributed by atoms with E-state index < -0.39 is 24.4 Å². The zero-order valence-corrected chi connectivity index (χ0v) is 7.66. The number of anilines is 1. The number of amides is 2. The molecule has 1 aromatic rings. The molecular weight excluding hydrogens is 203 g/mol. The summed E-state index contributed by atoms with van der Waals surface area (Å²) >= 11 is 0. The largest absolute Gasteiger partial charge is 0.480 e. The lowest BCUT2D eigenvalue weighted by molar-refractivity contribution is -0.135. The molecule has 0 saturated carbocycles. The fourth-order valence-corrected chi connectivity index (χ4v) is 0.864. The van der Waals surface area contributed by atoms with Gasteiger partial charge in [-0.2, -0.15) is 0 Å². The summed E-state index contributed by atoms with van der Waals surface area (Å²) < 4.78 is 12.5. The third-order valence-corrected chi connectivity index (χ3v) is 1.50. The van der Waals surface area contributed by atoms with Crippen LogP contribution < -0.4 is 10.6 Å². The van der Waals surface area contributed by atoms with Crippen LogP contribution in [0.15, 0.2) is 24.3 Å². The number of rotatable bonds is 3. The Balaban J connectivity index is 2.44. The van der Waals surface area contributed by atoms with E-state index in [9.17, 15) is 14.0 Å². The number of carboxylic acids is 1. The van der Waals surface area contributed by atoms with E-state index in [-0.39, 0.29) is 0 Å². The normalized spacial score (nSPS) is 9.40. The number of aliphatic carboxylic acids is 1. The molecule has 0 fully saturated rings. The number of carbonyl (C=O) groups is 2. The third-order valence-electron chi connectivity index (χ3n) is 1.50.